The van der Waals surface area contributed by atoms with Gasteiger partial charge in [-0.1, -0.05) is 42.6 Å². The number of unbranched alkanes of at least 4 members (excludes halogenated alkanes) is 1. The van der Waals surface area contributed by atoms with Crippen LogP contribution in [0.4, 0.5) is 0 Å². The van der Waals surface area contributed by atoms with Crippen molar-refractivity contribution in [1.82, 2.24) is 9.58 Å². The Balaban J connectivity index is 1.72. The molecule has 1 aromatic heterocycles. The molecule has 0 atom stereocenters. The van der Waals surface area contributed by atoms with Crippen LogP contribution in [-0.2, 0) is 4.79 Å². The largest absolute Gasteiger partial charge is 0.316 e. The van der Waals surface area contributed by atoms with E-state index >= 15 is 0 Å². The molecule has 2 aromatic rings. The van der Waals surface area contributed by atoms with Crippen LogP contribution in [0.25, 0.3) is 11.8 Å². The molecule has 4 rings (SSSR count). The van der Waals surface area contributed by atoms with Gasteiger partial charge in [0.15, 0.2) is 5.84 Å². The van der Waals surface area contributed by atoms with Gasteiger partial charge in [0.25, 0.3) is 5.91 Å². The lowest BCUT2D eigenvalue weighted by atomic mass is 10.1. The molecule has 0 unspecified atom stereocenters. The van der Waals surface area contributed by atoms with Crippen LogP contribution in [0.2, 0.25) is 10.0 Å². The third-order valence-corrected chi connectivity index (χ3v) is 6.96. The van der Waals surface area contributed by atoms with E-state index in [9.17, 15) is 4.79 Å². The van der Waals surface area contributed by atoms with Gasteiger partial charge in [0.2, 0.25) is 5.17 Å². The summed E-state index contributed by atoms with van der Waals surface area (Å²) in [6, 6.07) is 7.43. The van der Waals surface area contributed by atoms with Gasteiger partial charge in [0.05, 0.1) is 21.3 Å². The minimum atomic E-state index is -0.429. The van der Waals surface area contributed by atoms with Crippen LogP contribution in [-0.4, -0.2) is 31.5 Å². The fourth-order valence-corrected chi connectivity index (χ4v) is 4.89. The molecular weight excluding hydrogens is 453 g/mol. The van der Waals surface area contributed by atoms with Crippen molar-refractivity contribution in [2.75, 3.05) is 0 Å². The summed E-state index contributed by atoms with van der Waals surface area (Å²) in [6.45, 7) is 6.01. The van der Waals surface area contributed by atoms with Gasteiger partial charge < -0.3 is 4.57 Å². The maximum atomic E-state index is 12.7. The summed E-state index contributed by atoms with van der Waals surface area (Å²) in [5.74, 6) is -0.388. The Morgan fingerprint density at radius 2 is 2.03 bits per heavy atom. The maximum absolute atomic E-state index is 12.7. The normalized spacial score (nSPS) is 17.3. The SMILES string of the molecule is CCCCC1=NN2C(=N)/C(=C\c3cc(C)n(-c4cccc(Cl)c4Cl)c3C)C(=O)N=C2S1. The van der Waals surface area contributed by atoms with Crippen molar-refractivity contribution >= 4 is 63.0 Å². The highest BCUT2D eigenvalue weighted by atomic mass is 35.5. The van der Waals surface area contributed by atoms with Crippen molar-refractivity contribution < 1.29 is 4.79 Å². The van der Waals surface area contributed by atoms with Crippen LogP contribution < -0.4 is 0 Å². The third-order valence-electron chi connectivity index (χ3n) is 5.18. The first-order valence-corrected chi connectivity index (χ1v) is 11.5. The highest BCUT2D eigenvalue weighted by Crippen LogP contribution is 2.34. The monoisotopic (exact) mass is 473 g/mol. The first-order valence-electron chi connectivity index (χ1n) is 9.94. The molecule has 160 valence electrons. The van der Waals surface area contributed by atoms with E-state index in [1.54, 1.807) is 12.1 Å². The number of nitrogens with zero attached hydrogens (tertiary/aromatic N) is 4. The van der Waals surface area contributed by atoms with Gasteiger partial charge in [-0.05, 0) is 68.3 Å². The van der Waals surface area contributed by atoms with E-state index in [0.29, 0.717) is 15.2 Å². The molecule has 3 heterocycles. The Hall–Kier alpha value is -2.35. The molecule has 2 aliphatic rings. The zero-order chi connectivity index (χ0) is 22.3. The predicted molar refractivity (Wildman–Crippen MR) is 130 cm³/mol. The summed E-state index contributed by atoms with van der Waals surface area (Å²) >= 11 is 14.0. The highest BCUT2D eigenvalue weighted by Gasteiger charge is 2.35. The molecule has 0 saturated carbocycles. The van der Waals surface area contributed by atoms with Crippen molar-refractivity contribution in [3.05, 3.63) is 56.8 Å². The van der Waals surface area contributed by atoms with Gasteiger partial charge in [-0.2, -0.15) is 15.1 Å². The number of hydrazone groups is 1. The molecule has 9 heteroatoms. The van der Waals surface area contributed by atoms with E-state index in [2.05, 4.69) is 17.0 Å². The number of hydrogen-bond acceptors (Lipinski definition) is 4. The summed E-state index contributed by atoms with van der Waals surface area (Å²) in [6.07, 6.45) is 4.58. The number of hydrogen-bond donors (Lipinski definition) is 1. The van der Waals surface area contributed by atoms with Crippen LogP contribution >= 0.6 is 35.0 Å². The summed E-state index contributed by atoms with van der Waals surface area (Å²) in [5.41, 5.74) is 3.60. The Morgan fingerprint density at radius 3 is 2.77 bits per heavy atom. The number of aryl methyl sites for hydroxylation is 1. The number of rotatable bonds is 5. The Kier molecular flexibility index (Phi) is 6.10. The van der Waals surface area contributed by atoms with Gasteiger partial charge in [0.1, 0.15) is 5.04 Å². The van der Waals surface area contributed by atoms with Crippen molar-refractivity contribution in [2.45, 2.75) is 40.0 Å². The van der Waals surface area contributed by atoms with Crippen LogP contribution in [0.1, 0.15) is 43.1 Å². The van der Waals surface area contributed by atoms with E-state index in [1.807, 2.05) is 36.6 Å². The molecule has 0 bridgehead atoms. The smallest absolute Gasteiger partial charge is 0.283 e. The zero-order valence-electron chi connectivity index (χ0n) is 17.4. The molecule has 1 N–H and O–H groups in total. The van der Waals surface area contributed by atoms with E-state index in [4.69, 9.17) is 28.6 Å². The molecule has 2 aliphatic heterocycles. The molecule has 0 spiro atoms. The standard InChI is InChI=1S/C22H21Cl2N5OS/c1-4-5-9-18-27-29-20(25)15(21(30)26-22(29)31-18)11-14-10-12(2)28(13(14)3)17-8-6-7-16(23)19(17)24/h6-8,10-11,25H,4-5,9H2,1-3H3/b15-11+,25-20?. The van der Waals surface area contributed by atoms with Gasteiger partial charge >= 0.3 is 0 Å². The molecule has 1 amide bonds. The second-order valence-corrected chi connectivity index (χ2v) is 9.18. The molecule has 0 aliphatic carbocycles. The second-order valence-electron chi connectivity index (χ2n) is 7.35. The number of carbonyl (C=O) groups excluding carboxylic acids is 1. The van der Waals surface area contributed by atoms with E-state index in [0.717, 1.165) is 46.9 Å². The maximum Gasteiger partial charge on any atom is 0.283 e. The van der Waals surface area contributed by atoms with E-state index in [1.165, 1.54) is 16.8 Å². The number of fused-ring (bicyclic) bond motifs is 1. The van der Waals surface area contributed by atoms with Gasteiger partial charge in [0, 0.05) is 11.4 Å². The van der Waals surface area contributed by atoms with Gasteiger partial charge in [-0.3, -0.25) is 10.2 Å². The lowest BCUT2D eigenvalue weighted by molar-refractivity contribution is -0.114. The van der Waals surface area contributed by atoms with Crippen LogP contribution in [0.3, 0.4) is 0 Å². The average Bonchev–Trinajstić information content (AvgIpc) is 3.26. The summed E-state index contributed by atoms with van der Waals surface area (Å²) in [7, 11) is 0. The first-order chi connectivity index (χ1) is 14.8. The quantitative estimate of drug-likeness (QED) is 0.524. The molecule has 1 aromatic carbocycles. The first kappa shape index (κ1) is 21.9. The number of amidine groups is 2. The third kappa shape index (κ3) is 3.97. The molecule has 31 heavy (non-hydrogen) atoms. The highest BCUT2D eigenvalue weighted by molar-refractivity contribution is 8.26. The number of aliphatic imine (C=N–C) groups is 1. The number of nitrogens with one attached hydrogen (secondary N) is 1. The van der Waals surface area contributed by atoms with Crippen molar-refractivity contribution in [3.8, 4) is 5.69 Å². The molecule has 0 fully saturated rings. The fourth-order valence-electron chi connectivity index (χ4n) is 3.59. The summed E-state index contributed by atoms with van der Waals surface area (Å²) in [4.78, 5) is 16.9. The zero-order valence-corrected chi connectivity index (χ0v) is 19.7. The summed E-state index contributed by atoms with van der Waals surface area (Å²) < 4.78 is 1.99. The Bertz CT molecular complexity index is 1190. The van der Waals surface area contributed by atoms with Crippen LogP contribution in [0.5, 0.6) is 0 Å². The number of carbonyl (C=O) groups is 1. The lowest BCUT2D eigenvalue weighted by Crippen LogP contribution is -2.35. The molecular formula is C22H21Cl2N5OS. The Morgan fingerprint density at radius 1 is 1.26 bits per heavy atom. The molecule has 6 nitrogen and oxygen atoms in total. The lowest BCUT2D eigenvalue weighted by Gasteiger charge is -2.20. The van der Waals surface area contributed by atoms with Gasteiger partial charge in [-0.25, -0.2) is 0 Å². The molecule has 0 radical (unpaired) electrons. The minimum absolute atomic E-state index is 0.0413. The number of aromatic nitrogens is 1. The van der Waals surface area contributed by atoms with Crippen molar-refractivity contribution in [3.63, 3.8) is 0 Å². The average molecular weight is 474 g/mol. The number of halogens is 2. The molecule has 0 saturated heterocycles. The number of benzene rings is 1. The van der Waals surface area contributed by atoms with Crippen LogP contribution in [0.15, 0.2) is 39.9 Å². The number of thioether (sulfide) groups is 1. The van der Waals surface area contributed by atoms with Crippen LogP contribution in [0, 0.1) is 19.3 Å². The number of amides is 1. The topological polar surface area (TPSA) is 73.8 Å². The van der Waals surface area contributed by atoms with E-state index < -0.39 is 5.91 Å². The van der Waals surface area contributed by atoms with Crippen molar-refractivity contribution in [2.24, 2.45) is 10.1 Å². The Labute approximate surface area is 195 Å². The minimum Gasteiger partial charge on any atom is -0.316 e. The second kappa shape index (κ2) is 8.65. The predicted octanol–water partition coefficient (Wildman–Crippen LogP) is 6.21. The van der Waals surface area contributed by atoms with E-state index in [-0.39, 0.29) is 11.4 Å². The van der Waals surface area contributed by atoms with Crippen molar-refractivity contribution in [1.29, 1.82) is 5.41 Å². The van der Waals surface area contributed by atoms with Gasteiger partial charge in [-0.15, -0.1) is 0 Å². The summed E-state index contributed by atoms with van der Waals surface area (Å²) in [5, 5.41) is 16.8. The fraction of sp³-hybridized carbons (Fsp3) is 0.273.